The Hall–Kier alpha value is -3.42. The molecule has 6 rings (SSSR count). The third-order valence-electron chi connectivity index (χ3n) is 8.06. The summed E-state index contributed by atoms with van der Waals surface area (Å²) in [7, 11) is 0. The SMILES string of the molecule is CCC1CC(Nc2nc(Nc3cc(C)[nH]n3)c3ccc(N4CCOCC4)cc3n2)CC2CC(CC#N)N12. The molecular weight excluding hydrogens is 466 g/mol. The van der Waals surface area contributed by atoms with Crippen molar-refractivity contribution >= 4 is 34.2 Å². The summed E-state index contributed by atoms with van der Waals surface area (Å²) in [4.78, 5) is 14.8. The maximum Gasteiger partial charge on any atom is 0.225 e. The number of nitriles is 1. The highest BCUT2D eigenvalue weighted by Gasteiger charge is 2.46. The highest BCUT2D eigenvalue weighted by Crippen LogP contribution is 2.40. The zero-order chi connectivity index (χ0) is 25.4. The van der Waals surface area contributed by atoms with E-state index in [1.54, 1.807) is 0 Å². The van der Waals surface area contributed by atoms with E-state index >= 15 is 0 Å². The second-order valence-corrected chi connectivity index (χ2v) is 10.5. The zero-order valence-electron chi connectivity index (χ0n) is 21.6. The van der Waals surface area contributed by atoms with Crippen LogP contribution in [-0.2, 0) is 4.74 Å². The van der Waals surface area contributed by atoms with Crippen molar-refractivity contribution in [2.75, 3.05) is 41.8 Å². The van der Waals surface area contributed by atoms with Gasteiger partial charge in [0.1, 0.15) is 5.82 Å². The molecule has 0 aliphatic carbocycles. The minimum Gasteiger partial charge on any atom is -0.378 e. The van der Waals surface area contributed by atoms with Gasteiger partial charge in [0.15, 0.2) is 5.82 Å². The number of morpholine rings is 1. The largest absolute Gasteiger partial charge is 0.378 e. The van der Waals surface area contributed by atoms with E-state index in [1.165, 1.54) is 0 Å². The number of anilines is 4. The van der Waals surface area contributed by atoms with Crippen molar-refractivity contribution in [3.05, 3.63) is 30.0 Å². The number of hydrogen-bond donors (Lipinski definition) is 3. The quantitative estimate of drug-likeness (QED) is 0.442. The van der Waals surface area contributed by atoms with E-state index in [0.717, 1.165) is 85.9 Å². The van der Waals surface area contributed by atoms with Crippen LogP contribution in [0.15, 0.2) is 24.3 Å². The van der Waals surface area contributed by atoms with Gasteiger partial charge in [-0.1, -0.05) is 6.92 Å². The van der Waals surface area contributed by atoms with Crippen LogP contribution in [0.5, 0.6) is 0 Å². The van der Waals surface area contributed by atoms with Gasteiger partial charge in [-0.15, -0.1) is 0 Å². The first-order chi connectivity index (χ1) is 18.1. The first kappa shape index (κ1) is 23.9. The average molecular weight is 502 g/mol. The topological polar surface area (TPSA) is 118 Å². The fourth-order valence-corrected chi connectivity index (χ4v) is 6.28. The smallest absolute Gasteiger partial charge is 0.225 e. The summed E-state index contributed by atoms with van der Waals surface area (Å²) in [6.45, 7) is 7.48. The number of hydrogen-bond acceptors (Lipinski definition) is 9. The number of aromatic nitrogens is 4. The normalized spacial score (nSPS) is 25.8. The number of rotatable bonds is 7. The Labute approximate surface area is 217 Å². The molecule has 37 heavy (non-hydrogen) atoms. The third-order valence-corrected chi connectivity index (χ3v) is 8.06. The summed E-state index contributed by atoms with van der Waals surface area (Å²) in [6, 6.07) is 12.5. The molecule has 3 saturated heterocycles. The lowest BCUT2D eigenvalue weighted by molar-refractivity contribution is -0.0583. The molecule has 194 valence electrons. The van der Waals surface area contributed by atoms with E-state index in [-0.39, 0.29) is 0 Å². The highest BCUT2D eigenvalue weighted by molar-refractivity contribution is 5.93. The first-order valence-electron chi connectivity index (χ1n) is 13.5. The van der Waals surface area contributed by atoms with E-state index in [4.69, 9.17) is 14.7 Å². The fraction of sp³-hybridized carbons (Fsp3) is 0.556. The standard InChI is InChI=1S/C27H35N9O/c1-3-19-13-18(14-22-15-21(6-7-28)36(19)22)29-27-30-24-16-20(35-8-10-37-11-9-35)4-5-23(24)26(32-27)31-25-12-17(2)33-34-25/h4-5,12,16,18-19,21-22H,3,6,8-11,13-15H2,1-2H3,(H3,29,30,31,32,33,34). The Morgan fingerprint density at radius 3 is 2.76 bits per heavy atom. The van der Waals surface area contributed by atoms with E-state index < -0.39 is 0 Å². The van der Waals surface area contributed by atoms with E-state index in [9.17, 15) is 5.26 Å². The Morgan fingerprint density at radius 2 is 2.00 bits per heavy atom. The highest BCUT2D eigenvalue weighted by atomic mass is 16.5. The van der Waals surface area contributed by atoms with Crippen molar-refractivity contribution in [1.29, 1.82) is 5.26 Å². The fourth-order valence-electron chi connectivity index (χ4n) is 6.28. The van der Waals surface area contributed by atoms with Crippen LogP contribution in [0, 0.1) is 18.3 Å². The molecule has 0 amide bonds. The first-order valence-corrected chi connectivity index (χ1v) is 13.5. The molecule has 2 aromatic heterocycles. The number of ether oxygens (including phenoxy) is 1. The van der Waals surface area contributed by atoms with Gasteiger partial charge < -0.3 is 20.3 Å². The van der Waals surface area contributed by atoms with E-state index in [0.29, 0.717) is 36.5 Å². The maximum atomic E-state index is 9.19. The van der Waals surface area contributed by atoms with Gasteiger partial charge in [-0.2, -0.15) is 15.3 Å². The van der Waals surface area contributed by atoms with Gasteiger partial charge in [0.05, 0.1) is 31.2 Å². The lowest BCUT2D eigenvalue weighted by Gasteiger charge is -2.57. The lowest BCUT2D eigenvalue weighted by Crippen LogP contribution is -2.64. The van der Waals surface area contributed by atoms with Crippen LogP contribution in [0.3, 0.4) is 0 Å². The Bertz CT molecular complexity index is 1290. The van der Waals surface area contributed by atoms with Crippen molar-refractivity contribution in [3.63, 3.8) is 0 Å². The van der Waals surface area contributed by atoms with Crippen LogP contribution in [0.1, 0.15) is 44.7 Å². The van der Waals surface area contributed by atoms with Crippen molar-refractivity contribution in [2.24, 2.45) is 0 Å². The molecule has 0 spiro atoms. The van der Waals surface area contributed by atoms with Gasteiger partial charge in [0.2, 0.25) is 5.95 Å². The average Bonchev–Trinajstić information content (AvgIpc) is 3.31. The van der Waals surface area contributed by atoms with Crippen LogP contribution in [0.2, 0.25) is 0 Å². The van der Waals surface area contributed by atoms with Crippen LogP contribution < -0.4 is 15.5 Å². The van der Waals surface area contributed by atoms with Crippen molar-refractivity contribution < 1.29 is 4.74 Å². The molecule has 3 aliphatic rings. The number of piperidine rings is 1. The second kappa shape index (κ2) is 10.1. The molecule has 0 saturated carbocycles. The summed E-state index contributed by atoms with van der Waals surface area (Å²) in [5, 5.41) is 24.6. The molecule has 0 bridgehead atoms. The summed E-state index contributed by atoms with van der Waals surface area (Å²) in [6.07, 6.45) is 4.91. The molecule has 5 heterocycles. The van der Waals surface area contributed by atoms with Gasteiger partial charge >= 0.3 is 0 Å². The summed E-state index contributed by atoms with van der Waals surface area (Å²) in [5.41, 5.74) is 3.04. The van der Waals surface area contributed by atoms with Crippen LogP contribution in [0.4, 0.5) is 23.3 Å². The molecule has 10 nitrogen and oxygen atoms in total. The molecule has 3 aromatic rings. The number of benzene rings is 1. The molecule has 10 heteroatoms. The molecule has 3 aliphatic heterocycles. The predicted molar refractivity (Wildman–Crippen MR) is 144 cm³/mol. The number of aryl methyl sites for hydroxylation is 1. The van der Waals surface area contributed by atoms with E-state index in [1.807, 2.05) is 13.0 Å². The molecular formula is C27H35N9O. The van der Waals surface area contributed by atoms with E-state index in [2.05, 4.69) is 61.8 Å². The number of nitrogens with zero attached hydrogens (tertiary/aromatic N) is 6. The third kappa shape index (κ3) is 4.81. The predicted octanol–water partition coefficient (Wildman–Crippen LogP) is 3.95. The lowest BCUT2D eigenvalue weighted by atomic mass is 9.77. The van der Waals surface area contributed by atoms with Crippen LogP contribution in [-0.4, -0.2) is 75.5 Å². The van der Waals surface area contributed by atoms with Crippen molar-refractivity contribution in [2.45, 2.75) is 70.1 Å². The van der Waals surface area contributed by atoms with Gasteiger partial charge in [0.25, 0.3) is 0 Å². The Balaban J connectivity index is 1.29. The van der Waals surface area contributed by atoms with Gasteiger partial charge in [-0.05, 0) is 50.8 Å². The maximum absolute atomic E-state index is 9.19. The molecule has 4 unspecified atom stereocenters. The minimum atomic E-state index is 0.301. The van der Waals surface area contributed by atoms with Crippen LogP contribution >= 0.6 is 0 Å². The molecule has 3 fully saturated rings. The zero-order valence-corrected chi connectivity index (χ0v) is 21.6. The molecule has 4 atom stereocenters. The van der Waals surface area contributed by atoms with Crippen LogP contribution in [0.25, 0.3) is 10.9 Å². The van der Waals surface area contributed by atoms with Gasteiger partial charge in [-0.25, -0.2) is 4.98 Å². The number of fused-ring (bicyclic) bond motifs is 2. The summed E-state index contributed by atoms with van der Waals surface area (Å²) >= 11 is 0. The summed E-state index contributed by atoms with van der Waals surface area (Å²) in [5.74, 6) is 2.12. The summed E-state index contributed by atoms with van der Waals surface area (Å²) < 4.78 is 5.54. The van der Waals surface area contributed by atoms with Crippen molar-refractivity contribution in [1.82, 2.24) is 25.1 Å². The minimum absolute atomic E-state index is 0.301. The second-order valence-electron chi connectivity index (χ2n) is 10.5. The number of aromatic amines is 1. The van der Waals surface area contributed by atoms with Gasteiger partial charge in [0, 0.05) is 60.1 Å². The Morgan fingerprint density at radius 1 is 1.14 bits per heavy atom. The molecule has 3 N–H and O–H groups in total. The number of nitrogens with one attached hydrogen (secondary N) is 3. The monoisotopic (exact) mass is 501 g/mol. The molecule has 0 radical (unpaired) electrons. The van der Waals surface area contributed by atoms with Crippen molar-refractivity contribution in [3.8, 4) is 6.07 Å². The van der Waals surface area contributed by atoms with Gasteiger partial charge in [-0.3, -0.25) is 10.00 Å². The Kier molecular flexibility index (Phi) is 6.57. The molecule has 1 aromatic carbocycles. The number of H-pyrrole nitrogens is 1.